The summed E-state index contributed by atoms with van der Waals surface area (Å²) < 4.78 is 0. The molecule has 126 valence electrons. The molecule has 0 saturated carbocycles. The highest BCUT2D eigenvalue weighted by atomic mass is 32.2. The molecule has 2 atom stereocenters. The molecule has 2 aromatic rings. The standard InChI is InChI=1S/C18H20N2O3S/c1-13(15-7-5-4-6-8-15)19(3)18(21)14(2)24-17-11-9-16(10-12-17)20(22)23/h4-14H,1-3H3/t13-,14-/m0/s1. The second-order valence-electron chi connectivity index (χ2n) is 5.55. The van der Waals surface area contributed by atoms with E-state index in [2.05, 4.69) is 0 Å². The Bertz CT molecular complexity index is 704. The van der Waals surface area contributed by atoms with Crippen molar-refractivity contribution in [1.29, 1.82) is 0 Å². The largest absolute Gasteiger partial charge is 0.338 e. The third-order valence-electron chi connectivity index (χ3n) is 3.92. The average Bonchev–Trinajstić information content (AvgIpc) is 2.61. The topological polar surface area (TPSA) is 63.5 Å². The number of benzene rings is 2. The van der Waals surface area contributed by atoms with Gasteiger partial charge in [-0.1, -0.05) is 30.3 Å². The van der Waals surface area contributed by atoms with Gasteiger partial charge in [-0.15, -0.1) is 11.8 Å². The van der Waals surface area contributed by atoms with Crippen molar-refractivity contribution >= 4 is 23.4 Å². The fraction of sp³-hybridized carbons (Fsp3) is 0.278. The minimum absolute atomic E-state index is 0.0152. The maximum Gasteiger partial charge on any atom is 0.269 e. The summed E-state index contributed by atoms with van der Waals surface area (Å²) >= 11 is 1.40. The molecule has 0 spiro atoms. The Morgan fingerprint density at radius 2 is 1.67 bits per heavy atom. The van der Waals surface area contributed by atoms with Crippen LogP contribution in [-0.2, 0) is 4.79 Å². The Hall–Kier alpha value is -2.34. The quantitative estimate of drug-likeness (QED) is 0.445. The van der Waals surface area contributed by atoms with Gasteiger partial charge in [0.1, 0.15) is 0 Å². The van der Waals surface area contributed by atoms with Crippen LogP contribution >= 0.6 is 11.8 Å². The van der Waals surface area contributed by atoms with Gasteiger partial charge in [0.05, 0.1) is 16.2 Å². The zero-order chi connectivity index (χ0) is 17.7. The Balaban J connectivity index is 2.02. The summed E-state index contributed by atoms with van der Waals surface area (Å²) in [6.45, 7) is 3.85. The van der Waals surface area contributed by atoms with Crippen LogP contribution in [0.2, 0.25) is 0 Å². The van der Waals surface area contributed by atoms with Crippen molar-refractivity contribution in [2.45, 2.75) is 30.0 Å². The van der Waals surface area contributed by atoms with Gasteiger partial charge in [-0.05, 0) is 31.5 Å². The summed E-state index contributed by atoms with van der Waals surface area (Å²) in [5, 5.41) is 10.4. The number of nitro groups is 1. The highest BCUT2D eigenvalue weighted by Gasteiger charge is 2.23. The number of nitrogens with zero attached hydrogens (tertiary/aromatic N) is 2. The van der Waals surface area contributed by atoms with E-state index in [1.54, 1.807) is 24.1 Å². The van der Waals surface area contributed by atoms with Crippen LogP contribution in [0.1, 0.15) is 25.5 Å². The number of non-ortho nitro benzene ring substituents is 1. The predicted molar refractivity (Wildman–Crippen MR) is 96.0 cm³/mol. The van der Waals surface area contributed by atoms with Crippen molar-refractivity contribution in [3.63, 3.8) is 0 Å². The molecule has 0 heterocycles. The molecule has 0 aliphatic heterocycles. The Morgan fingerprint density at radius 1 is 1.08 bits per heavy atom. The van der Waals surface area contributed by atoms with Crippen molar-refractivity contribution < 1.29 is 9.72 Å². The van der Waals surface area contributed by atoms with E-state index in [0.29, 0.717) is 0 Å². The number of amides is 1. The number of carbonyl (C=O) groups is 1. The highest BCUT2D eigenvalue weighted by molar-refractivity contribution is 8.00. The van der Waals surface area contributed by atoms with Crippen LogP contribution in [-0.4, -0.2) is 28.0 Å². The molecule has 2 aromatic carbocycles. The van der Waals surface area contributed by atoms with Crippen LogP contribution in [0.15, 0.2) is 59.5 Å². The van der Waals surface area contributed by atoms with Crippen LogP contribution in [0.5, 0.6) is 0 Å². The Morgan fingerprint density at radius 3 is 2.21 bits per heavy atom. The first kappa shape index (κ1) is 18.0. The lowest BCUT2D eigenvalue weighted by atomic mass is 10.1. The second kappa shape index (κ2) is 7.97. The third-order valence-corrected chi connectivity index (χ3v) is 5.02. The van der Waals surface area contributed by atoms with E-state index < -0.39 is 4.92 Å². The minimum atomic E-state index is -0.432. The summed E-state index contributed by atoms with van der Waals surface area (Å²) in [6, 6.07) is 16.1. The van der Waals surface area contributed by atoms with Crippen LogP contribution in [0.4, 0.5) is 5.69 Å². The SMILES string of the molecule is C[C@H](Sc1ccc([N+](=O)[O-])cc1)C(=O)N(C)[C@@H](C)c1ccccc1. The molecule has 24 heavy (non-hydrogen) atoms. The van der Waals surface area contributed by atoms with Crippen molar-refractivity contribution in [3.8, 4) is 0 Å². The van der Waals surface area contributed by atoms with Gasteiger partial charge < -0.3 is 4.90 Å². The highest BCUT2D eigenvalue weighted by Crippen LogP contribution is 2.28. The smallest absolute Gasteiger partial charge is 0.269 e. The van der Waals surface area contributed by atoms with Crippen molar-refractivity contribution in [2.75, 3.05) is 7.05 Å². The van der Waals surface area contributed by atoms with Gasteiger partial charge in [0, 0.05) is 24.1 Å². The number of carbonyl (C=O) groups excluding carboxylic acids is 1. The summed E-state index contributed by atoms with van der Waals surface area (Å²) in [6.07, 6.45) is 0. The molecule has 0 aliphatic carbocycles. The van der Waals surface area contributed by atoms with E-state index in [1.807, 2.05) is 44.2 Å². The van der Waals surface area contributed by atoms with E-state index in [-0.39, 0.29) is 22.9 Å². The van der Waals surface area contributed by atoms with E-state index in [0.717, 1.165) is 10.5 Å². The molecule has 0 saturated heterocycles. The maximum atomic E-state index is 12.6. The van der Waals surface area contributed by atoms with Gasteiger partial charge in [-0.25, -0.2) is 0 Å². The molecule has 2 rings (SSSR count). The van der Waals surface area contributed by atoms with Gasteiger partial charge in [0.15, 0.2) is 0 Å². The normalized spacial score (nSPS) is 13.1. The van der Waals surface area contributed by atoms with E-state index in [4.69, 9.17) is 0 Å². The fourth-order valence-electron chi connectivity index (χ4n) is 2.33. The van der Waals surface area contributed by atoms with E-state index in [9.17, 15) is 14.9 Å². The summed E-state index contributed by atoms with van der Waals surface area (Å²) in [5.41, 5.74) is 1.13. The zero-order valence-electron chi connectivity index (χ0n) is 13.9. The Kier molecular flexibility index (Phi) is 5.98. The molecule has 0 bridgehead atoms. The number of thioether (sulfide) groups is 1. The van der Waals surface area contributed by atoms with Gasteiger partial charge in [-0.3, -0.25) is 14.9 Å². The summed E-state index contributed by atoms with van der Waals surface area (Å²) in [7, 11) is 1.80. The second-order valence-corrected chi connectivity index (χ2v) is 6.96. The molecule has 1 amide bonds. The third kappa shape index (κ3) is 4.35. The molecule has 0 aliphatic rings. The van der Waals surface area contributed by atoms with Crippen molar-refractivity contribution in [3.05, 3.63) is 70.3 Å². The molecule has 0 aromatic heterocycles. The van der Waals surface area contributed by atoms with Crippen LogP contribution in [0, 0.1) is 10.1 Å². The molecule has 0 fully saturated rings. The van der Waals surface area contributed by atoms with Gasteiger partial charge >= 0.3 is 0 Å². The number of nitro benzene ring substituents is 1. The van der Waals surface area contributed by atoms with Gasteiger partial charge in [0.2, 0.25) is 5.91 Å². The lowest BCUT2D eigenvalue weighted by molar-refractivity contribution is -0.384. The molecule has 6 heteroatoms. The number of rotatable bonds is 6. The monoisotopic (exact) mass is 344 g/mol. The van der Waals surface area contributed by atoms with Gasteiger partial charge in [-0.2, -0.15) is 0 Å². The summed E-state index contributed by atoms with van der Waals surface area (Å²) in [5.74, 6) is 0.0229. The van der Waals surface area contributed by atoms with Crippen LogP contribution < -0.4 is 0 Å². The minimum Gasteiger partial charge on any atom is -0.338 e. The van der Waals surface area contributed by atoms with E-state index >= 15 is 0 Å². The number of hydrogen-bond acceptors (Lipinski definition) is 4. The molecule has 0 N–H and O–H groups in total. The first-order valence-corrected chi connectivity index (χ1v) is 8.51. The van der Waals surface area contributed by atoms with Crippen LogP contribution in [0.3, 0.4) is 0 Å². The molecule has 0 radical (unpaired) electrons. The average molecular weight is 344 g/mol. The Labute approximate surface area is 145 Å². The maximum absolute atomic E-state index is 12.6. The zero-order valence-corrected chi connectivity index (χ0v) is 14.7. The van der Waals surface area contributed by atoms with Crippen molar-refractivity contribution in [1.82, 2.24) is 4.90 Å². The van der Waals surface area contributed by atoms with E-state index in [1.165, 1.54) is 23.9 Å². The van der Waals surface area contributed by atoms with Crippen LogP contribution in [0.25, 0.3) is 0 Å². The predicted octanol–water partition coefficient (Wildman–Crippen LogP) is 4.30. The molecular weight excluding hydrogens is 324 g/mol. The number of hydrogen-bond donors (Lipinski definition) is 0. The lowest BCUT2D eigenvalue weighted by Crippen LogP contribution is -2.35. The summed E-state index contributed by atoms with van der Waals surface area (Å²) in [4.78, 5) is 25.5. The first-order valence-electron chi connectivity index (χ1n) is 7.63. The van der Waals surface area contributed by atoms with Gasteiger partial charge in [0.25, 0.3) is 5.69 Å². The molecule has 5 nitrogen and oxygen atoms in total. The molecule has 0 unspecified atom stereocenters. The lowest BCUT2D eigenvalue weighted by Gasteiger charge is -2.28. The molecular formula is C18H20N2O3S. The first-order chi connectivity index (χ1) is 11.4. The fourth-order valence-corrected chi connectivity index (χ4v) is 3.30. The van der Waals surface area contributed by atoms with Crippen molar-refractivity contribution in [2.24, 2.45) is 0 Å².